The number of rotatable bonds is 4. The summed E-state index contributed by atoms with van der Waals surface area (Å²) in [4.78, 5) is 25.5. The van der Waals surface area contributed by atoms with E-state index in [0.717, 1.165) is 31.7 Å². The first kappa shape index (κ1) is 16.7. The first-order valence-corrected chi connectivity index (χ1v) is 7.83. The van der Waals surface area contributed by atoms with Crippen LogP contribution in [0.2, 0.25) is 5.02 Å². The summed E-state index contributed by atoms with van der Waals surface area (Å²) in [5.74, 6) is -3.45. The molecule has 0 aromatic heterocycles. The van der Waals surface area contributed by atoms with Crippen molar-refractivity contribution in [3.05, 3.63) is 34.6 Å². The number of benzene rings is 1. The van der Waals surface area contributed by atoms with Gasteiger partial charge in [-0.05, 0) is 25.0 Å². The van der Waals surface area contributed by atoms with Gasteiger partial charge >= 0.3 is 5.97 Å². The molecular weight excluding hydrogens is 309 g/mol. The van der Waals surface area contributed by atoms with Gasteiger partial charge in [-0.25, -0.2) is 4.39 Å². The van der Waals surface area contributed by atoms with Crippen molar-refractivity contribution < 1.29 is 19.1 Å². The number of carbonyl (C=O) groups is 2. The Labute approximate surface area is 133 Å². The predicted octanol–water partition coefficient (Wildman–Crippen LogP) is 3.44. The van der Waals surface area contributed by atoms with Gasteiger partial charge in [0.25, 0.3) is 0 Å². The minimum Gasteiger partial charge on any atom is -0.481 e. The number of carboxylic acid groups (broad SMARTS) is 1. The van der Waals surface area contributed by atoms with Crippen LogP contribution in [0.25, 0.3) is 0 Å². The molecule has 0 saturated carbocycles. The van der Waals surface area contributed by atoms with Crippen molar-refractivity contribution in [1.29, 1.82) is 0 Å². The molecule has 2 rings (SSSR count). The third-order valence-corrected chi connectivity index (χ3v) is 4.31. The van der Waals surface area contributed by atoms with E-state index in [4.69, 9.17) is 11.6 Å². The first-order chi connectivity index (χ1) is 10.5. The predicted molar refractivity (Wildman–Crippen MR) is 81.5 cm³/mol. The molecule has 1 unspecified atom stereocenters. The molecule has 4 nitrogen and oxygen atoms in total. The number of hydrogen-bond donors (Lipinski definition) is 1. The van der Waals surface area contributed by atoms with E-state index in [1.54, 1.807) is 4.90 Å². The number of halogens is 2. The van der Waals surface area contributed by atoms with Gasteiger partial charge in [0.2, 0.25) is 5.91 Å². The van der Waals surface area contributed by atoms with E-state index in [9.17, 15) is 19.1 Å². The summed E-state index contributed by atoms with van der Waals surface area (Å²) in [5.41, 5.74) is -0.111. The number of nitrogens with zero attached hydrogens (tertiary/aromatic N) is 1. The van der Waals surface area contributed by atoms with Gasteiger partial charge in [0.05, 0.1) is 5.92 Å². The van der Waals surface area contributed by atoms with Crippen LogP contribution in [0.15, 0.2) is 18.2 Å². The van der Waals surface area contributed by atoms with E-state index >= 15 is 0 Å². The Bertz CT molecular complexity index is 536. The molecule has 1 aromatic rings. The second kappa shape index (κ2) is 7.58. The zero-order valence-electron chi connectivity index (χ0n) is 12.2. The molecule has 1 amide bonds. The summed E-state index contributed by atoms with van der Waals surface area (Å²) in [5, 5.41) is 9.42. The van der Waals surface area contributed by atoms with Crippen LogP contribution >= 0.6 is 11.6 Å². The van der Waals surface area contributed by atoms with Crippen LogP contribution in [0.4, 0.5) is 4.39 Å². The highest BCUT2D eigenvalue weighted by Gasteiger charge is 2.30. The molecule has 0 radical (unpaired) electrons. The fourth-order valence-electron chi connectivity index (χ4n) is 2.78. The molecule has 1 aromatic carbocycles. The molecular formula is C16H19ClFNO3. The lowest BCUT2D eigenvalue weighted by atomic mass is 9.94. The number of amides is 1. The Morgan fingerprint density at radius 3 is 2.41 bits per heavy atom. The smallest absolute Gasteiger partial charge is 0.311 e. The summed E-state index contributed by atoms with van der Waals surface area (Å²) in [6.45, 7) is 1.27. The molecule has 1 heterocycles. The highest BCUT2D eigenvalue weighted by atomic mass is 35.5. The second-order valence-electron chi connectivity index (χ2n) is 5.53. The van der Waals surface area contributed by atoms with Crippen LogP contribution in [0.1, 0.15) is 43.6 Å². The number of hydrogen-bond acceptors (Lipinski definition) is 2. The van der Waals surface area contributed by atoms with Crippen LogP contribution in [0, 0.1) is 5.82 Å². The quantitative estimate of drug-likeness (QED) is 0.921. The Kier molecular flexibility index (Phi) is 5.77. The van der Waals surface area contributed by atoms with Crippen LogP contribution in [-0.4, -0.2) is 35.0 Å². The van der Waals surface area contributed by atoms with Crippen molar-refractivity contribution >= 4 is 23.5 Å². The molecule has 1 aliphatic rings. The van der Waals surface area contributed by atoms with E-state index in [1.165, 1.54) is 12.1 Å². The highest BCUT2D eigenvalue weighted by Crippen LogP contribution is 2.30. The van der Waals surface area contributed by atoms with Gasteiger partial charge < -0.3 is 10.0 Å². The van der Waals surface area contributed by atoms with Crippen LogP contribution in [0.3, 0.4) is 0 Å². The third-order valence-electron chi connectivity index (χ3n) is 3.98. The van der Waals surface area contributed by atoms with Crippen LogP contribution in [-0.2, 0) is 9.59 Å². The van der Waals surface area contributed by atoms with Crippen molar-refractivity contribution in [2.45, 2.75) is 38.0 Å². The van der Waals surface area contributed by atoms with Crippen molar-refractivity contribution in [2.75, 3.05) is 13.1 Å². The average Bonchev–Trinajstić information content (AvgIpc) is 2.74. The fraction of sp³-hybridized carbons (Fsp3) is 0.500. The van der Waals surface area contributed by atoms with Gasteiger partial charge in [0.15, 0.2) is 0 Å². The van der Waals surface area contributed by atoms with Crippen molar-refractivity contribution in [2.24, 2.45) is 0 Å². The fourth-order valence-corrected chi connectivity index (χ4v) is 3.07. The topological polar surface area (TPSA) is 57.6 Å². The van der Waals surface area contributed by atoms with Gasteiger partial charge in [-0.15, -0.1) is 0 Å². The Morgan fingerprint density at radius 2 is 1.86 bits per heavy atom. The molecule has 6 heteroatoms. The lowest BCUT2D eigenvalue weighted by molar-refractivity contribution is -0.142. The summed E-state index contributed by atoms with van der Waals surface area (Å²) >= 11 is 5.94. The minimum atomic E-state index is -1.26. The lowest BCUT2D eigenvalue weighted by Crippen LogP contribution is -2.34. The molecule has 1 fully saturated rings. The molecule has 1 N–H and O–H groups in total. The Morgan fingerprint density at radius 1 is 1.23 bits per heavy atom. The first-order valence-electron chi connectivity index (χ1n) is 7.45. The Hall–Kier alpha value is -1.62. The molecule has 0 aliphatic carbocycles. The number of aliphatic carboxylic acids is 1. The Balaban J connectivity index is 2.18. The maximum atomic E-state index is 13.9. The van der Waals surface area contributed by atoms with E-state index in [0.29, 0.717) is 13.1 Å². The largest absolute Gasteiger partial charge is 0.481 e. The number of carbonyl (C=O) groups excluding carboxylic acids is 1. The highest BCUT2D eigenvalue weighted by molar-refractivity contribution is 6.31. The summed E-state index contributed by atoms with van der Waals surface area (Å²) < 4.78 is 13.9. The maximum absolute atomic E-state index is 13.9. The van der Waals surface area contributed by atoms with Crippen LogP contribution in [0.5, 0.6) is 0 Å². The van der Waals surface area contributed by atoms with Crippen molar-refractivity contribution in [1.82, 2.24) is 4.90 Å². The van der Waals surface area contributed by atoms with Crippen molar-refractivity contribution in [3.8, 4) is 0 Å². The normalized spacial score (nSPS) is 16.9. The van der Waals surface area contributed by atoms with Gasteiger partial charge in [-0.3, -0.25) is 9.59 Å². The molecule has 1 aliphatic heterocycles. The molecule has 0 bridgehead atoms. The molecule has 120 valence electrons. The summed E-state index contributed by atoms with van der Waals surface area (Å²) in [7, 11) is 0. The van der Waals surface area contributed by atoms with E-state index in [2.05, 4.69) is 0 Å². The molecule has 1 atom stereocenters. The maximum Gasteiger partial charge on any atom is 0.311 e. The van der Waals surface area contributed by atoms with Gasteiger partial charge in [0, 0.05) is 30.1 Å². The summed E-state index contributed by atoms with van der Waals surface area (Å²) in [6.07, 6.45) is 3.72. The molecule has 22 heavy (non-hydrogen) atoms. The van der Waals surface area contributed by atoms with Crippen LogP contribution < -0.4 is 0 Å². The van der Waals surface area contributed by atoms with Gasteiger partial charge in [0.1, 0.15) is 5.82 Å². The number of likely N-dealkylation sites (tertiary alicyclic amines) is 1. The minimum absolute atomic E-state index is 0.0380. The number of carboxylic acids is 1. The van der Waals surface area contributed by atoms with E-state index < -0.39 is 17.7 Å². The average molecular weight is 328 g/mol. The van der Waals surface area contributed by atoms with E-state index in [1.807, 2.05) is 0 Å². The zero-order chi connectivity index (χ0) is 16.1. The third kappa shape index (κ3) is 3.97. The lowest BCUT2D eigenvalue weighted by Gasteiger charge is -2.23. The standard InChI is InChI=1S/C16H19ClFNO3/c17-12-6-5-7-13(18)15(12)11(16(21)22)10-14(20)19-8-3-1-2-4-9-19/h5-7,11H,1-4,8-10H2,(H,21,22). The molecule has 1 saturated heterocycles. The zero-order valence-corrected chi connectivity index (χ0v) is 13.0. The second-order valence-corrected chi connectivity index (χ2v) is 5.93. The van der Waals surface area contributed by atoms with Gasteiger partial charge in [-0.2, -0.15) is 0 Å². The SMILES string of the molecule is O=C(O)C(CC(=O)N1CCCCCC1)c1c(F)cccc1Cl. The van der Waals surface area contributed by atoms with Gasteiger partial charge in [-0.1, -0.05) is 30.5 Å². The van der Waals surface area contributed by atoms with Crippen molar-refractivity contribution in [3.63, 3.8) is 0 Å². The van der Waals surface area contributed by atoms with E-state index in [-0.39, 0.29) is 22.9 Å². The summed E-state index contributed by atoms with van der Waals surface area (Å²) in [6, 6.07) is 4.01. The monoisotopic (exact) mass is 327 g/mol. The molecule has 0 spiro atoms.